The summed E-state index contributed by atoms with van der Waals surface area (Å²) in [6.07, 6.45) is 63.0. The Balaban J connectivity index is 3.56. The molecule has 2 unspecified atom stereocenters. The van der Waals surface area contributed by atoms with Gasteiger partial charge in [-0.25, -0.2) is 0 Å². The molecule has 0 fully saturated rings. The van der Waals surface area contributed by atoms with Gasteiger partial charge in [0.1, 0.15) is 0 Å². The van der Waals surface area contributed by atoms with Gasteiger partial charge < -0.3 is 20.3 Å². The van der Waals surface area contributed by atoms with Crippen molar-refractivity contribution in [2.24, 2.45) is 0 Å². The molecule has 0 spiro atoms. The molecule has 6 nitrogen and oxygen atoms in total. The van der Waals surface area contributed by atoms with E-state index in [4.69, 9.17) is 4.74 Å². The lowest BCUT2D eigenvalue weighted by Crippen LogP contribution is -2.45. The Kier molecular flexibility index (Phi) is 50.1. The molecule has 6 heteroatoms. The number of esters is 1. The molecule has 3 N–H and O–H groups in total. The molecular weight excluding hydrogens is 767 g/mol. The van der Waals surface area contributed by atoms with E-state index in [0.717, 1.165) is 83.5 Å². The fourth-order valence-electron chi connectivity index (χ4n) is 8.15. The lowest BCUT2D eigenvalue weighted by atomic mass is 10.0. The molecule has 0 aliphatic heterocycles. The van der Waals surface area contributed by atoms with Gasteiger partial charge in [0.15, 0.2) is 0 Å². The number of hydrogen-bond donors (Lipinski definition) is 3. The Morgan fingerprint density at radius 3 is 1.15 bits per heavy atom. The summed E-state index contributed by atoms with van der Waals surface area (Å²) in [5.74, 6) is -0.138. The van der Waals surface area contributed by atoms with Crippen LogP contribution in [0.25, 0.3) is 0 Å². The van der Waals surface area contributed by atoms with Crippen LogP contribution in [-0.2, 0) is 14.3 Å². The van der Waals surface area contributed by atoms with E-state index in [2.05, 4.69) is 43.5 Å². The number of carbonyl (C=O) groups excluding carboxylic acids is 2. The number of rotatable bonds is 50. The van der Waals surface area contributed by atoms with Crippen molar-refractivity contribution >= 4 is 11.9 Å². The predicted molar refractivity (Wildman–Crippen MR) is 269 cm³/mol. The van der Waals surface area contributed by atoms with Crippen LogP contribution in [0, 0.1) is 0 Å². The third-order valence-corrected chi connectivity index (χ3v) is 12.4. The van der Waals surface area contributed by atoms with Crippen LogP contribution in [0.4, 0.5) is 0 Å². The molecule has 0 heterocycles. The van der Waals surface area contributed by atoms with Gasteiger partial charge in [-0.15, -0.1) is 0 Å². The van der Waals surface area contributed by atoms with Crippen LogP contribution in [0.3, 0.4) is 0 Å². The summed E-state index contributed by atoms with van der Waals surface area (Å²) in [5, 5.41) is 23.1. The molecule has 0 rings (SSSR count). The largest absolute Gasteiger partial charge is 0.466 e. The van der Waals surface area contributed by atoms with Gasteiger partial charge >= 0.3 is 5.97 Å². The molecular formula is C56H105NO5. The molecule has 0 aliphatic rings. The zero-order valence-electron chi connectivity index (χ0n) is 41.4. The first-order valence-corrected chi connectivity index (χ1v) is 27.3. The van der Waals surface area contributed by atoms with E-state index in [1.165, 1.54) is 173 Å². The number of carbonyl (C=O) groups is 2. The van der Waals surface area contributed by atoms with E-state index in [9.17, 15) is 19.8 Å². The van der Waals surface area contributed by atoms with E-state index in [-0.39, 0.29) is 18.5 Å². The van der Waals surface area contributed by atoms with Crippen molar-refractivity contribution in [2.75, 3.05) is 13.2 Å². The second-order valence-corrected chi connectivity index (χ2v) is 18.5. The molecule has 0 saturated carbocycles. The normalized spacial score (nSPS) is 12.9. The number of aliphatic hydroxyl groups excluding tert-OH is 2. The summed E-state index contributed by atoms with van der Waals surface area (Å²) in [7, 11) is 0. The standard InChI is InChI=1S/C56H105NO5/c1-3-5-7-9-11-13-15-17-19-20-21-22-23-24-25-28-32-36-40-44-48-54(59)53(52-58)57-55(60)49-45-41-37-33-29-27-31-35-39-43-47-51-62-56(61)50-46-42-38-34-30-26-18-16-14-12-10-8-6-4-2/h16,18,31,35,44,48,53-54,58-59H,3-15,17,19-30,32-34,36-43,45-47,49-52H2,1-2H3,(H,57,60)/b18-16-,35-31-,48-44+. The van der Waals surface area contributed by atoms with Gasteiger partial charge in [-0.2, -0.15) is 0 Å². The first-order valence-electron chi connectivity index (χ1n) is 27.3. The van der Waals surface area contributed by atoms with Crippen molar-refractivity contribution in [1.29, 1.82) is 0 Å². The molecule has 0 aliphatic carbocycles. The summed E-state index contributed by atoms with van der Waals surface area (Å²) in [6, 6.07) is -0.650. The zero-order chi connectivity index (χ0) is 45.1. The van der Waals surface area contributed by atoms with Crippen molar-refractivity contribution in [2.45, 2.75) is 296 Å². The van der Waals surface area contributed by atoms with Crippen LogP contribution in [0.1, 0.15) is 284 Å². The van der Waals surface area contributed by atoms with Gasteiger partial charge in [0.05, 0.1) is 25.4 Å². The number of allylic oxidation sites excluding steroid dienone is 5. The Labute approximate surface area is 385 Å². The minimum atomic E-state index is -0.864. The highest BCUT2D eigenvalue weighted by Crippen LogP contribution is 2.16. The first kappa shape index (κ1) is 60.1. The average molecular weight is 872 g/mol. The van der Waals surface area contributed by atoms with Gasteiger partial charge in [-0.05, 0) is 83.5 Å². The van der Waals surface area contributed by atoms with Crippen molar-refractivity contribution in [3.8, 4) is 0 Å². The Hall–Kier alpha value is -1.92. The number of hydrogen-bond acceptors (Lipinski definition) is 5. The summed E-state index contributed by atoms with van der Waals surface area (Å²) in [5.41, 5.74) is 0. The quantitative estimate of drug-likeness (QED) is 0.0321. The minimum Gasteiger partial charge on any atom is -0.466 e. The van der Waals surface area contributed by atoms with Crippen LogP contribution in [0.5, 0.6) is 0 Å². The van der Waals surface area contributed by atoms with Gasteiger partial charge in [0.25, 0.3) is 0 Å². The predicted octanol–water partition coefficient (Wildman–Crippen LogP) is 16.5. The lowest BCUT2D eigenvalue weighted by Gasteiger charge is -2.20. The second kappa shape index (κ2) is 51.7. The highest BCUT2D eigenvalue weighted by Gasteiger charge is 2.18. The van der Waals surface area contributed by atoms with E-state index >= 15 is 0 Å². The van der Waals surface area contributed by atoms with E-state index in [0.29, 0.717) is 19.4 Å². The zero-order valence-corrected chi connectivity index (χ0v) is 41.4. The summed E-state index contributed by atoms with van der Waals surface area (Å²) < 4.78 is 5.43. The van der Waals surface area contributed by atoms with Gasteiger partial charge in [-0.1, -0.05) is 224 Å². The van der Waals surface area contributed by atoms with Crippen molar-refractivity contribution in [3.63, 3.8) is 0 Å². The lowest BCUT2D eigenvalue weighted by molar-refractivity contribution is -0.143. The number of amides is 1. The maximum absolute atomic E-state index is 12.5. The minimum absolute atomic E-state index is 0.0416. The van der Waals surface area contributed by atoms with Crippen LogP contribution >= 0.6 is 0 Å². The average Bonchev–Trinajstić information content (AvgIpc) is 3.27. The van der Waals surface area contributed by atoms with Crippen molar-refractivity contribution in [1.82, 2.24) is 5.32 Å². The Morgan fingerprint density at radius 1 is 0.435 bits per heavy atom. The van der Waals surface area contributed by atoms with Crippen molar-refractivity contribution < 1.29 is 24.5 Å². The SMILES string of the molecule is CCCCCCC/C=C\CCCCCCCC(=O)OCCCC/C=C\CCCCCCCC(=O)NC(CO)C(O)/C=C/CCCCCCCCCCCCCCCCCCCC. The molecule has 0 aromatic rings. The number of unbranched alkanes of at least 4 members (excludes halogenated alkanes) is 35. The smallest absolute Gasteiger partial charge is 0.305 e. The van der Waals surface area contributed by atoms with Crippen molar-refractivity contribution in [3.05, 3.63) is 36.5 Å². The molecule has 62 heavy (non-hydrogen) atoms. The molecule has 0 saturated heterocycles. The van der Waals surface area contributed by atoms with Crippen LogP contribution in [0.2, 0.25) is 0 Å². The topological polar surface area (TPSA) is 95.9 Å². The molecule has 2 atom stereocenters. The number of ether oxygens (including phenoxy) is 1. The number of aliphatic hydroxyl groups is 2. The molecule has 0 aromatic heterocycles. The van der Waals surface area contributed by atoms with Crippen LogP contribution in [0.15, 0.2) is 36.5 Å². The first-order chi connectivity index (χ1) is 30.5. The van der Waals surface area contributed by atoms with Gasteiger partial charge in [0.2, 0.25) is 5.91 Å². The maximum Gasteiger partial charge on any atom is 0.305 e. The second-order valence-electron chi connectivity index (χ2n) is 18.5. The Bertz CT molecular complexity index is 1010. The monoisotopic (exact) mass is 872 g/mol. The molecule has 1 amide bonds. The molecule has 0 aromatic carbocycles. The summed E-state index contributed by atoms with van der Waals surface area (Å²) >= 11 is 0. The summed E-state index contributed by atoms with van der Waals surface area (Å²) in [4.78, 5) is 24.5. The van der Waals surface area contributed by atoms with Gasteiger partial charge in [-0.3, -0.25) is 9.59 Å². The van der Waals surface area contributed by atoms with Crippen LogP contribution < -0.4 is 5.32 Å². The van der Waals surface area contributed by atoms with Gasteiger partial charge in [0, 0.05) is 12.8 Å². The number of nitrogens with one attached hydrogen (secondary N) is 1. The molecule has 0 bridgehead atoms. The summed E-state index contributed by atoms with van der Waals surface area (Å²) in [6.45, 7) is 4.82. The molecule has 0 radical (unpaired) electrons. The van der Waals surface area contributed by atoms with Crippen LogP contribution in [-0.4, -0.2) is 47.4 Å². The Morgan fingerprint density at radius 2 is 0.758 bits per heavy atom. The molecule has 364 valence electrons. The van der Waals surface area contributed by atoms with E-state index in [1.54, 1.807) is 6.08 Å². The fraction of sp³-hybridized carbons (Fsp3) is 0.857. The third kappa shape index (κ3) is 47.6. The third-order valence-electron chi connectivity index (χ3n) is 12.4. The van der Waals surface area contributed by atoms with E-state index in [1.807, 2.05) is 6.08 Å². The highest BCUT2D eigenvalue weighted by atomic mass is 16.5. The van der Waals surface area contributed by atoms with E-state index < -0.39 is 12.1 Å². The maximum atomic E-state index is 12.5. The fourth-order valence-corrected chi connectivity index (χ4v) is 8.15. The highest BCUT2D eigenvalue weighted by molar-refractivity contribution is 5.76.